The quantitative estimate of drug-likeness (QED) is 0.769. The molecule has 0 aliphatic heterocycles. The molecule has 2 rings (SSSR count). The lowest BCUT2D eigenvalue weighted by molar-refractivity contribution is 1.05. The lowest BCUT2D eigenvalue weighted by atomic mass is 10.2. The van der Waals surface area contributed by atoms with Gasteiger partial charge < -0.3 is 5.32 Å². The van der Waals surface area contributed by atoms with Crippen molar-refractivity contribution < 1.29 is 0 Å². The van der Waals surface area contributed by atoms with Gasteiger partial charge in [-0.05, 0) is 18.4 Å². The van der Waals surface area contributed by atoms with Crippen LogP contribution in [0, 0.1) is 6.92 Å². The minimum Gasteiger partial charge on any atom is -0.385 e. The smallest absolute Gasteiger partial charge is 0.125 e. The second kappa shape index (κ2) is 3.22. The normalized spacial score (nSPS) is 10.3. The van der Waals surface area contributed by atoms with Gasteiger partial charge in [0.15, 0.2) is 0 Å². The summed E-state index contributed by atoms with van der Waals surface area (Å²) < 4.78 is 0. The summed E-state index contributed by atoms with van der Waals surface area (Å²) in [6.45, 7) is 2.01. The molecule has 0 spiro atoms. The van der Waals surface area contributed by atoms with Crippen LogP contribution >= 0.6 is 11.3 Å². The first-order chi connectivity index (χ1) is 6.33. The predicted molar refractivity (Wildman–Crippen MR) is 56.2 cm³/mol. The summed E-state index contributed by atoms with van der Waals surface area (Å²) in [6, 6.07) is 4.10. The summed E-state index contributed by atoms with van der Waals surface area (Å²) in [5, 5.41) is 12.4. The van der Waals surface area contributed by atoms with E-state index in [9.17, 15) is 0 Å². The summed E-state index contributed by atoms with van der Waals surface area (Å²) in [5.74, 6) is 0. The van der Waals surface area contributed by atoms with Crippen LogP contribution in [0.4, 0.5) is 5.69 Å². The second-order valence-electron chi connectivity index (χ2n) is 2.80. The topological polar surface area (TPSA) is 40.7 Å². The van der Waals surface area contributed by atoms with Gasteiger partial charge in [0.05, 0.1) is 16.3 Å². The number of rotatable bonds is 2. The number of aromatic nitrogens is 2. The Bertz CT molecular complexity index is 389. The molecule has 2 aromatic rings. The molecule has 0 aromatic carbocycles. The molecule has 13 heavy (non-hydrogen) atoms. The average molecular weight is 193 g/mol. The van der Waals surface area contributed by atoms with Crippen LogP contribution in [-0.4, -0.2) is 17.2 Å². The first-order valence-corrected chi connectivity index (χ1v) is 4.97. The standard InChI is InChI=1S/C9H11N3S/c1-6-8(10-2)9(12-11-6)7-4-3-5-13-7/h3-5,10H,1-2H3,(H,11,12). The molecule has 2 aromatic heterocycles. The van der Waals surface area contributed by atoms with Crippen LogP contribution in [0.5, 0.6) is 0 Å². The summed E-state index contributed by atoms with van der Waals surface area (Å²) in [5.41, 5.74) is 3.17. The SMILES string of the molecule is CNc1c(-c2cccs2)n[nH]c1C. The van der Waals surface area contributed by atoms with E-state index in [0.717, 1.165) is 17.1 Å². The minimum absolute atomic E-state index is 1.01. The third-order valence-electron chi connectivity index (χ3n) is 1.95. The molecular weight excluding hydrogens is 182 g/mol. The highest BCUT2D eigenvalue weighted by atomic mass is 32.1. The highest BCUT2D eigenvalue weighted by Gasteiger charge is 2.10. The first kappa shape index (κ1) is 8.31. The van der Waals surface area contributed by atoms with E-state index in [0.29, 0.717) is 0 Å². The van der Waals surface area contributed by atoms with Crippen molar-refractivity contribution in [2.75, 3.05) is 12.4 Å². The number of aromatic amines is 1. The van der Waals surface area contributed by atoms with Gasteiger partial charge >= 0.3 is 0 Å². The van der Waals surface area contributed by atoms with Gasteiger partial charge in [0.25, 0.3) is 0 Å². The van der Waals surface area contributed by atoms with Gasteiger partial charge in [0.2, 0.25) is 0 Å². The first-order valence-electron chi connectivity index (χ1n) is 4.09. The summed E-state index contributed by atoms with van der Waals surface area (Å²) >= 11 is 1.70. The maximum atomic E-state index is 4.25. The van der Waals surface area contributed by atoms with Crippen LogP contribution in [0.2, 0.25) is 0 Å². The van der Waals surface area contributed by atoms with Crippen molar-refractivity contribution >= 4 is 17.0 Å². The Morgan fingerprint density at radius 3 is 3.00 bits per heavy atom. The molecule has 2 N–H and O–H groups in total. The number of aryl methyl sites for hydroxylation is 1. The zero-order valence-electron chi connectivity index (χ0n) is 7.59. The van der Waals surface area contributed by atoms with Gasteiger partial charge in [0, 0.05) is 7.05 Å². The van der Waals surface area contributed by atoms with E-state index in [4.69, 9.17) is 0 Å². The molecule has 0 saturated heterocycles. The van der Waals surface area contributed by atoms with Crippen LogP contribution in [0.25, 0.3) is 10.6 Å². The van der Waals surface area contributed by atoms with Gasteiger partial charge in [-0.25, -0.2) is 0 Å². The summed E-state index contributed by atoms with van der Waals surface area (Å²) in [7, 11) is 1.91. The zero-order valence-corrected chi connectivity index (χ0v) is 8.40. The molecule has 3 nitrogen and oxygen atoms in total. The van der Waals surface area contributed by atoms with Crippen LogP contribution in [0.3, 0.4) is 0 Å². The van der Waals surface area contributed by atoms with E-state index in [-0.39, 0.29) is 0 Å². The van der Waals surface area contributed by atoms with E-state index in [1.165, 1.54) is 4.88 Å². The number of hydrogen-bond acceptors (Lipinski definition) is 3. The Morgan fingerprint density at radius 1 is 1.54 bits per heavy atom. The number of nitrogens with one attached hydrogen (secondary N) is 2. The number of nitrogens with zero attached hydrogens (tertiary/aromatic N) is 1. The van der Waals surface area contributed by atoms with Crippen molar-refractivity contribution in [3.8, 4) is 10.6 Å². The fourth-order valence-electron chi connectivity index (χ4n) is 1.33. The van der Waals surface area contributed by atoms with Crippen molar-refractivity contribution in [3.05, 3.63) is 23.2 Å². The van der Waals surface area contributed by atoms with E-state index in [2.05, 4.69) is 27.0 Å². The maximum absolute atomic E-state index is 4.25. The average Bonchev–Trinajstić information content (AvgIpc) is 2.71. The van der Waals surface area contributed by atoms with Gasteiger partial charge in [-0.15, -0.1) is 11.3 Å². The second-order valence-corrected chi connectivity index (χ2v) is 3.75. The van der Waals surface area contributed by atoms with Gasteiger partial charge in [-0.1, -0.05) is 6.07 Å². The molecule has 0 bridgehead atoms. The predicted octanol–water partition coefficient (Wildman–Crippen LogP) is 2.49. The van der Waals surface area contributed by atoms with Crippen molar-refractivity contribution in [3.63, 3.8) is 0 Å². The fraction of sp³-hybridized carbons (Fsp3) is 0.222. The van der Waals surface area contributed by atoms with Crippen LogP contribution < -0.4 is 5.32 Å². The number of H-pyrrole nitrogens is 1. The lowest BCUT2D eigenvalue weighted by Gasteiger charge is -1.99. The van der Waals surface area contributed by atoms with Crippen molar-refractivity contribution in [2.24, 2.45) is 0 Å². The van der Waals surface area contributed by atoms with Gasteiger partial charge in [-0.2, -0.15) is 5.10 Å². The molecule has 0 saturated carbocycles. The number of thiophene rings is 1. The van der Waals surface area contributed by atoms with E-state index in [1.807, 2.05) is 20.0 Å². The Labute approximate surface area is 80.8 Å². The molecule has 4 heteroatoms. The lowest BCUT2D eigenvalue weighted by Crippen LogP contribution is -1.89. The van der Waals surface area contributed by atoms with E-state index < -0.39 is 0 Å². The molecule has 0 radical (unpaired) electrons. The summed E-state index contributed by atoms with van der Waals surface area (Å²) in [4.78, 5) is 1.19. The van der Waals surface area contributed by atoms with Crippen LogP contribution in [0.15, 0.2) is 17.5 Å². The Kier molecular flexibility index (Phi) is 2.06. The third-order valence-corrected chi connectivity index (χ3v) is 2.83. The largest absolute Gasteiger partial charge is 0.385 e. The third kappa shape index (κ3) is 1.33. The molecule has 0 fully saturated rings. The molecule has 0 aliphatic carbocycles. The summed E-state index contributed by atoms with van der Waals surface area (Å²) in [6.07, 6.45) is 0. The van der Waals surface area contributed by atoms with Gasteiger partial charge in [-0.3, -0.25) is 5.10 Å². The zero-order chi connectivity index (χ0) is 9.26. The highest BCUT2D eigenvalue weighted by molar-refractivity contribution is 7.13. The van der Waals surface area contributed by atoms with Gasteiger partial charge in [0.1, 0.15) is 5.69 Å². The number of anilines is 1. The molecule has 0 atom stereocenters. The fourth-order valence-corrected chi connectivity index (χ4v) is 2.05. The monoisotopic (exact) mass is 193 g/mol. The van der Waals surface area contributed by atoms with Crippen molar-refractivity contribution in [1.29, 1.82) is 0 Å². The van der Waals surface area contributed by atoms with Crippen molar-refractivity contribution in [2.45, 2.75) is 6.92 Å². The maximum Gasteiger partial charge on any atom is 0.125 e. The molecule has 0 unspecified atom stereocenters. The molecule has 0 aliphatic rings. The van der Waals surface area contributed by atoms with Crippen molar-refractivity contribution in [1.82, 2.24) is 10.2 Å². The molecule has 0 amide bonds. The molecular formula is C9H11N3S. The van der Waals surface area contributed by atoms with Crippen LogP contribution in [-0.2, 0) is 0 Å². The Hall–Kier alpha value is -1.29. The molecule has 2 heterocycles. The number of hydrogen-bond donors (Lipinski definition) is 2. The van der Waals surface area contributed by atoms with Crippen LogP contribution in [0.1, 0.15) is 5.69 Å². The minimum atomic E-state index is 1.01. The highest BCUT2D eigenvalue weighted by Crippen LogP contribution is 2.30. The van der Waals surface area contributed by atoms with E-state index in [1.54, 1.807) is 11.3 Å². The molecule has 68 valence electrons. The van der Waals surface area contributed by atoms with E-state index >= 15 is 0 Å². The Morgan fingerprint density at radius 2 is 2.38 bits per heavy atom. The Balaban J connectivity index is 2.52.